The molecule has 4 aromatic rings. The fourth-order valence-corrected chi connectivity index (χ4v) is 5.58. The van der Waals surface area contributed by atoms with Crippen molar-refractivity contribution < 1.29 is 28.5 Å². The van der Waals surface area contributed by atoms with Gasteiger partial charge in [0.1, 0.15) is 35.4 Å². The van der Waals surface area contributed by atoms with E-state index in [1.807, 2.05) is 24.3 Å². The van der Waals surface area contributed by atoms with Gasteiger partial charge < -0.3 is 30.9 Å². The van der Waals surface area contributed by atoms with Gasteiger partial charge in [-0.25, -0.2) is 15.0 Å². The number of nitrogens with zero attached hydrogens (tertiary/aromatic N) is 4. The number of alkyl halides is 3. The second-order valence-corrected chi connectivity index (χ2v) is 9.89. The lowest BCUT2D eigenvalue weighted by molar-refractivity contribution is -0.115. The molecule has 0 saturated heterocycles. The molecule has 1 unspecified atom stereocenters. The van der Waals surface area contributed by atoms with E-state index in [9.17, 15) is 28.5 Å². The number of aliphatic hydroxyl groups is 3. The summed E-state index contributed by atoms with van der Waals surface area (Å²) in [5, 5.41) is 38.0. The highest BCUT2D eigenvalue weighted by atomic mass is 32.1. The number of fused-ring (bicyclic) bond motifs is 1. The summed E-state index contributed by atoms with van der Waals surface area (Å²) < 4.78 is 39.4. The van der Waals surface area contributed by atoms with Crippen LogP contribution in [-0.4, -0.2) is 71.2 Å². The van der Waals surface area contributed by atoms with Gasteiger partial charge in [-0.2, -0.15) is 18.2 Å². The lowest BCUT2D eigenvalue weighted by atomic mass is 9.97. The van der Waals surface area contributed by atoms with Gasteiger partial charge in [-0.3, -0.25) is 0 Å². The summed E-state index contributed by atoms with van der Waals surface area (Å²) in [4.78, 5) is 20.0. The first-order valence-electron chi connectivity index (χ1n) is 11.5. The Bertz CT molecular complexity index is 1350. The number of imidazole rings is 1. The number of halogens is 3. The van der Waals surface area contributed by atoms with E-state index in [-0.39, 0.29) is 24.0 Å². The van der Waals surface area contributed by atoms with Crippen LogP contribution >= 0.6 is 11.3 Å². The van der Waals surface area contributed by atoms with Gasteiger partial charge in [0.15, 0.2) is 0 Å². The van der Waals surface area contributed by atoms with Gasteiger partial charge in [0.25, 0.3) is 0 Å². The fraction of sp³-hybridized carbons (Fsp3) is 0.391. The number of anilines is 2. The van der Waals surface area contributed by atoms with E-state index in [2.05, 4.69) is 35.6 Å². The Morgan fingerprint density at radius 3 is 2.65 bits per heavy atom. The smallest absolute Gasteiger partial charge is 0.390 e. The molecular formula is C23H24F3N7O3S. The highest BCUT2D eigenvalue weighted by Gasteiger charge is 2.46. The molecule has 3 aromatic heterocycles. The van der Waals surface area contributed by atoms with E-state index in [0.717, 1.165) is 10.2 Å². The van der Waals surface area contributed by atoms with Crippen LogP contribution in [0.3, 0.4) is 0 Å². The van der Waals surface area contributed by atoms with Crippen LogP contribution in [0.5, 0.6) is 0 Å². The average Bonchev–Trinajstić information content (AvgIpc) is 3.58. The summed E-state index contributed by atoms with van der Waals surface area (Å²) >= 11 is 1.37. The third-order valence-electron chi connectivity index (χ3n) is 6.30. The number of aliphatic hydroxyl groups excluding tert-OH is 3. The lowest BCUT2D eigenvalue weighted by Crippen LogP contribution is -2.36. The maximum absolute atomic E-state index is 12.8. The molecule has 0 spiro atoms. The minimum absolute atomic E-state index is 0.137. The van der Waals surface area contributed by atoms with Crippen molar-refractivity contribution in [2.24, 2.45) is 5.92 Å². The van der Waals surface area contributed by atoms with Crippen LogP contribution in [-0.2, 0) is 0 Å². The predicted molar refractivity (Wildman–Crippen MR) is 131 cm³/mol. The SMILES string of the molecule is Cc1nc(NCC(F)(F)F)nc(N[C@@H]2C[C@H](C(O)c3ncc[nH]3)[C@@H](O)[C@H]2O)c1-c1nc2ccccc2s1. The number of hydrogen-bond acceptors (Lipinski definition) is 10. The van der Waals surface area contributed by atoms with Gasteiger partial charge >= 0.3 is 6.18 Å². The van der Waals surface area contributed by atoms with Crippen LogP contribution in [0, 0.1) is 12.8 Å². The monoisotopic (exact) mass is 535 g/mol. The number of para-hydroxylation sites is 1. The molecule has 37 heavy (non-hydrogen) atoms. The van der Waals surface area contributed by atoms with Crippen molar-refractivity contribution in [1.82, 2.24) is 24.9 Å². The largest absolute Gasteiger partial charge is 0.405 e. The molecule has 0 amide bonds. The Morgan fingerprint density at radius 1 is 1.16 bits per heavy atom. The van der Waals surface area contributed by atoms with E-state index in [0.29, 0.717) is 16.3 Å². The van der Waals surface area contributed by atoms with Gasteiger partial charge in [0.2, 0.25) is 5.95 Å². The van der Waals surface area contributed by atoms with E-state index in [1.165, 1.54) is 23.7 Å². The molecule has 0 bridgehead atoms. The van der Waals surface area contributed by atoms with E-state index in [4.69, 9.17) is 0 Å². The molecule has 6 N–H and O–H groups in total. The zero-order valence-corrected chi connectivity index (χ0v) is 20.3. The van der Waals surface area contributed by atoms with Crippen LogP contribution < -0.4 is 10.6 Å². The van der Waals surface area contributed by atoms with Crippen molar-refractivity contribution in [3.8, 4) is 10.6 Å². The Labute approximate surface area is 212 Å². The Balaban J connectivity index is 1.49. The number of aromatic nitrogens is 5. The topological polar surface area (TPSA) is 152 Å². The molecule has 10 nitrogen and oxygen atoms in total. The summed E-state index contributed by atoms with van der Waals surface area (Å²) in [5.74, 6) is -0.595. The second kappa shape index (κ2) is 9.85. The van der Waals surface area contributed by atoms with Crippen molar-refractivity contribution in [2.75, 3.05) is 17.2 Å². The number of thiazole rings is 1. The molecule has 196 valence electrons. The van der Waals surface area contributed by atoms with E-state index >= 15 is 0 Å². The van der Waals surface area contributed by atoms with Crippen molar-refractivity contribution in [1.29, 1.82) is 0 Å². The molecule has 1 aliphatic rings. The minimum atomic E-state index is -4.47. The van der Waals surface area contributed by atoms with Crippen molar-refractivity contribution in [3.05, 3.63) is 48.2 Å². The zero-order valence-electron chi connectivity index (χ0n) is 19.4. The van der Waals surface area contributed by atoms with E-state index < -0.39 is 43.0 Å². The fourth-order valence-electron chi connectivity index (χ4n) is 4.51. The average molecular weight is 536 g/mol. The first-order valence-corrected chi connectivity index (χ1v) is 12.3. The lowest BCUT2D eigenvalue weighted by Gasteiger charge is -2.21. The standard InChI is InChI=1S/C23H24F3N7O3S/c1-10-15(21-32-12-4-2-3-5-14(12)37-21)19(33-22(30-10)29-9-23(24,25)26)31-13-8-11(16(34)18(13)36)17(35)20-27-6-7-28-20/h2-7,11,13,16-18,34-36H,8-9H2,1H3,(H,27,28)(H2,29,30,31,33)/t11-,13+,16+,17?,18-/m0/s1. The number of aromatic amines is 1. The normalized spacial score (nSPS) is 22.9. The summed E-state index contributed by atoms with van der Waals surface area (Å²) in [5.41, 5.74) is 1.59. The number of hydrogen-bond donors (Lipinski definition) is 6. The number of rotatable bonds is 7. The van der Waals surface area contributed by atoms with Crippen LogP contribution in [0.25, 0.3) is 20.8 Å². The third-order valence-corrected chi connectivity index (χ3v) is 7.35. The quantitative estimate of drug-likeness (QED) is 0.210. The van der Waals surface area contributed by atoms with Crippen molar-refractivity contribution >= 4 is 33.3 Å². The molecule has 5 rings (SSSR count). The Kier molecular flexibility index (Phi) is 6.74. The maximum atomic E-state index is 12.8. The van der Waals surface area contributed by atoms with Crippen LogP contribution in [0.1, 0.15) is 24.0 Å². The molecule has 5 atom stereocenters. The summed E-state index contributed by atoms with van der Waals surface area (Å²) in [6.45, 7) is 0.310. The highest BCUT2D eigenvalue weighted by Crippen LogP contribution is 2.40. The van der Waals surface area contributed by atoms with Gasteiger partial charge in [-0.15, -0.1) is 11.3 Å². The molecule has 1 aliphatic carbocycles. The minimum Gasteiger partial charge on any atom is -0.390 e. The molecule has 3 heterocycles. The van der Waals surface area contributed by atoms with Gasteiger partial charge in [-0.1, -0.05) is 12.1 Å². The van der Waals surface area contributed by atoms with Crippen molar-refractivity contribution in [3.63, 3.8) is 0 Å². The van der Waals surface area contributed by atoms with Gasteiger partial charge in [0.05, 0.1) is 33.6 Å². The number of nitrogens with one attached hydrogen (secondary N) is 3. The molecule has 0 aliphatic heterocycles. The molecule has 14 heteroatoms. The van der Waals surface area contributed by atoms with Crippen molar-refractivity contribution in [2.45, 2.75) is 43.9 Å². The Hall–Kier alpha value is -3.33. The molecule has 0 radical (unpaired) electrons. The maximum Gasteiger partial charge on any atom is 0.405 e. The van der Waals surface area contributed by atoms with Crippen LogP contribution in [0.4, 0.5) is 24.9 Å². The van der Waals surface area contributed by atoms with Crippen LogP contribution in [0.15, 0.2) is 36.7 Å². The third kappa shape index (κ3) is 5.23. The number of benzene rings is 1. The number of H-pyrrole nitrogens is 1. The molecule has 1 saturated carbocycles. The summed E-state index contributed by atoms with van der Waals surface area (Å²) in [6.07, 6.45) is -5.07. The summed E-state index contributed by atoms with van der Waals surface area (Å²) in [6, 6.07) is 6.69. The van der Waals surface area contributed by atoms with Gasteiger partial charge in [-0.05, 0) is 25.5 Å². The second-order valence-electron chi connectivity index (χ2n) is 8.86. The first-order chi connectivity index (χ1) is 17.6. The predicted octanol–water partition coefficient (Wildman–Crippen LogP) is 3.01. The molecular weight excluding hydrogens is 511 g/mol. The van der Waals surface area contributed by atoms with Gasteiger partial charge in [0, 0.05) is 18.3 Å². The van der Waals surface area contributed by atoms with Crippen LogP contribution in [0.2, 0.25) is 0 Å². The molecule has 1 fully saturated rings. The zero-order chi connectivity index (χ0) is 26.3. The number of aryl methyl sites for hydroxylation is 1. The summed E-state index contributed by atoms with van der Waals surface area (Å²) in [7, 11) is 0. The first kappa shape index (κ1) is 25.3. The molecule has 1 aromatic carbocycles. The Morgan fingerprint density at radius 2 is 1.95 bits per heavy atom. The highest BCUT2D eigenvalue weighted by molar-refractivity contribution is 7.21. The van der Waals surface area contributed by atoms with E-state index in [1.54, 1.807) is 6.92 Å².